The van der Waals surface area contributed by atoms with Crippen LogP contribution in [0, 0.1) is 0 Å². The van der Waals surface area contributed by atoms with Gasteiger partial charge in [-0.1, -0.05) is 35.9 Å². The second-order valence-electron chi connectivity index (χ2n) is 5.53. The zero-order valence-electron chi connectivity index (χ0n) is 14.3. The number of anilines is 1. The third-order valence-corrected chi connectivity index (χ3v) is 4.04. The molecule has 1 aliphatic heterocycles. The fourth-order valence-corrected chi connectivity index (χ4v) is 2.65. The van der Waals surface area contributed by atoms with E-state index in [9.17, 15) is 14.4 Å². The van der Waals surface area contributed by atoms with Crippen molar-refractivity contribution in [2.45, 2.75) is 0 Å². The molecule has 1 saturated heterocycles. The maximum Gasteiger partial charge on any atom is 0.343 e. The Kier molecular flexibility index (Phi) is 5.42. The quantitative estimate of drug-likeness (QED) is 0.484. The SMILES string of the molecule is COC(=O)COc1ccc(C=C2C(=O)NN(c3ccccc3)C2=O)cc1Cl. The molecule has 1 fully saturated rings. The standard InChI is InChI=1S/C19H15ClN2O5/c1-26-17(23)11-27-16-8-7-12(10-15(16)20)9-14-18(24)21-22(19(14)25)13-5-3-2-4-6-13/h2-10H,11H2,1H3,(H,21,24). The summed E-state index contributed by atoms with van der Waals surface area (Å²) in [5.74, 6) is -1.22. The van der Waals surface area contributed by atoms with E-state index in [4.69, 9.17) is 16.3 Å². The van der Waals surface area contributed by atoms with E-state index in [1.807, 2.05) is 6.07 Å². The molecule has 0 aromatic heterocycles. The molecule has 1 heterocycles. The van der Waals surface area contributed by atoms with Crippen LogP contribution in [0.4, 0.5) is 5.69 Å². The monoisotopic (exact) mass is 386 g/mol. The number of benzene rings is 2. The van der Waals surface area contributed by atoms with Crippen LogP contribution in [-0.2, 0) is 19.1 Å². The molecule has 0 spiro atoms. The molecule has 2 aromatic carbocycles. The topological polar surface area (TPSA) is 84.9 Å². The molecule has 27 heavy (non-hydrogen) atoms. The van der Waals surface area contributed by atoms with Gasteiger partial charge >= 0.3 is 5.97 Å². The fraction of sp³-hybridized carbons (Fsp3) is 0.105. The molecule has 1 aliphatic rings. The van der Waals surface area contributed by atoms with E-state index < -0.39 is 17.8 Å². The normalized spacial score (nSPS) is 15.0. The first-order valence-corrected chi connectivity index (χ1v) is 8.28. The summed E-state index contributed by atoms with van der Waals surface area (Å²) < 4.78 is 9.74. The molecule has 138 valence electrons. The first-order valence-electron chi connectivity index (χ1n) is 7.91. The summed E-state index contributed by atoms with van der Waals surface area (Å²) in [6.45, 7) is -0.274. The molecule has 0 unspecified atom stereocenters. The van der Waals surface area contributed by atoms with Crippen LogP contribution < -0.4 is 15.2 Å². The molecular formula is C19H15ClN2O5. The highest BCUT2D eigenvalue weighted by Crippen LogP contribution is 2.27. The van der Waals surface area contributed by atoms with E-state index in [1.165, 1.54) is 24.3 Å². The average Bonchev–Trinajstić information content (AvgIpc) is 2.96. The Morgan fingerprint density at radius 1 is 1.19 bits per heavy atom. The van der Waals surface area contributed by atoms with Gasteiger partial charge in [0.2, 0.25) is 0 Å². The maximum absolute atomic E-state index is 12.5. The van der Waals surface area contributed by atoms with Crippen LogP contribution >= 0.6 is 11.6 Å². The van der Waals surface area contributed by atoms with Crippen molar-refractivity contribution in [1.82, 2.24) is 5.43 Å². The minimum absolute atomic E-state index is 0.0156. The van der Waals surface area contributed by atoms with Gasteiger partial charge in [0, 0.05) is 0 Å². The van der Waals surface area contributed by atoms with Gasteiger partial charge in [-0.2, -0.15) is 0 Å². The van der Waals surface area contributed by atoms with Crippen LogP contribution in [0.3, 0.4) is 0 Å². The lowest BCUT2D eigenvalue weighted by molar-refractivity contribution is -0.142. The van der Waals surface area contributed by atoms with Crippen molar-refractivity contribution in [2.75, 3.05) is 18.7 Å². The number of methoxy groups -OCH3 is 1. The number of ether oxygens (including phenoxy) is 2. The van der Waals surface area contributed by atoms with Gasteiger partial charge in [-0.25, -0.2) is 9.80 Å². The maximum atomic E-state index is 12.5. The van der Waals surface area contributed by atoms with Crippen molar-refractivity contribution in [3.05, 3.63) is 64.7 Å². The van der Waals surface area contributed by atoms with Crippen LogP contribution in [0.1, 0.15) is 5.56 Å². The molecule has 1 N–H and O–H groups in total. The second kappa shape index (κ2) is 7.92. The molecule has 7 nitrogen and oxygen atoms in total. The Hall–Kier alpha value is -3.32. The highest BCUT2D eigenvalue weighted by atomic mass is 35.5. The number of esters is 1. The van der Waals surface area contributed by atoms with Crippen LogP contribution in [0.2, 0.25) is 5.02 Å². The van der Waals surface area contributed by atoms with Crippen LogP contribution in [0.5, 0.6) is 5.75 Å². The molecule has 0 bridgehead atoms. The minimum Gasteiger partial charge on any atom is -0.480 e. The van der Waals surface area contributed by atoms with E-state index >= 15 is 0 Å². The van der Waals surface area contributed by atoms with Gasteiger partial charge in [0.25, 0.3) is 11.8 Å². The third-order valence-electron chi connectivity index (χ3n) is 3.75. The summed E-state index contributed by atoms with van der Waals surface area (Å²) in [7, 11) is 1.25. The zero-order valence-corrected chi connectivity index (χ0v) is 15.0. The number of nitrogens with zero attached hydrogens (tertiary/aromatic N) is 1. The summed E-state index contributed by atoms with van der Waals surface area (Å²) in [6.07, 6.45) is 1.44. The van der Waals surface area contributed by atoms with E-state index in [1.54, 1.807) is 36.4 Å². The number of hydrazine groups is 1. The Balaban J connectivity index is 1.80. The Labute approximate surface area is 160 Å². The van der Waals surface area contributed by atoms with E-state index in [0.717, 1.165) is 0 Å². The smallest absolute Gasteiger partial charge is 0.343 e. The van der Waals surface area contributed by atoms with E-state index in [-0.39, 0.29) is 23.0 Å². The van der Waals surface area contributed by atoms with Gasteiger partial charge in [-0.3, -0.25) is 15.0 Å². The summed E-state index contributed by atoms with van der Waals surface area (Å²) in [4.78, 5) is 35.9. The predicted octanol–water partition coefficient (Wildman–Crippen LogP) is 2.35. The van der Waals surface area contributed by atoms with Crippen molar-refractivity contribution in [2.24, 2.45) is 0 Å². The lowest BCUT2D eigenvalue weighted by Crippen LogP contribution is -2.35. The zero-order chi connectivity index (χ0) is 19.4. The molecule has 0 saturated carbocycles. The molecule has 0 atom stereocenters. The lowest BCUT2D eigenvalue weighted by atomic mass is 10.1. The third kappa shape index (κ3) is 4.09. The number of hydrogen-bond donors (Lipinski definition) is 1. The molecular weight excluding hydrogens is 372 g/mol. The van der Waals surface area contributed by atoms with Gasteiger partial charge in [0.05, 0.1) is 17.8 Å². The number of para-hydroxylation sites is 1. The highest BCUT2D eigenvalue weighted by Gasteiger charge is 2.34. The number of rotatable bonds is 5. The van der Waals surface area contributed by atoms with Gasteiger partial charge < -0.3 is 9.47 Å². The average molecular weight is 387 g/mol. The molecule has 0 aliphatic carbocycles. The first kappa shape index (κ1) is 18.5. The number of nitrogens with one attached hydrogen (secondary N) is 1. The molecule has 0 radical (unpaired) electrons. The van der Waals surface area contributed by atoms with Gasteiger partial charge in [-0.15, -0.1) is 0 Å². The highest BCUT2D eigenvalue weighted by molar-refractivity contribution is 6.33. The first-order chi connectivity index (χ1) is 13.0. The summed E-state index contributed by atoms with van der Waals surface area (Å²) in [6, 6.07) is 13.5. The van der Waals surface area contributed by atoms with Gasteiger partial charge in [0.15, 0.2) is 6.61 Å². The minimum atomic E-state index is -0.536. The van der Waals surface area contributed by atoms with Crippen molar-refractivity contribution < 1.29 is 23.9 Å². The summed E-state index contributed by atoms with van der Waals surface area (Å²) >= 11 is 6.14. The number of amides is 2. The molecule has 3 rings (SSSR count). The van der Waals surface area contributed by atoms with Crippen molar-refractivity contribution in [3.8, 4) is 5.75 Å². The second-order valence-corrected chi connectivity index (χ2v) is 5.94. The van der Waals surface area contributed by atoms with Crippen LogP contribution in [0.15, 0.2) is 54.1 Å². The number of carbonyl (C=O) groups excluding carboxylic acids is 3. The van der Waals surface area contributed by atoms with Gasteiger partial charge in [0.1, 0.15) is 11.3 Å². The number of carbonyl (C=O) groups is 3. The molecule has 2 amide bonds. The Morgan fingerprint density at radius 3 is 2.59 bits per heavy atom. The number of hydrogen-bond acceptors (Lipinski definition) is 5. The van der Waals surface area contributed by atoms with Crippen molar-refractivity contribution >= 4 is 41.1 Å². The van der Waals surface area contributed by atoms with Crippen LogP contribution in [-0.4, -0.2) is 31.5 Å². The molecule has 2 aromatic rings. The van der Waals surface area contributed by atoms with Crippen molar-refractivity contribution in [1.29, 1.82) is 0 Å². The molecule has 8 heteroatoms. The Bertz CT molecular complexity index is 927. The fourth-order valence-electron chi connectivity index (χ4n) is 2.40. The summed E-state index contributed by atoms with van der Waals surface area (Å²) in [5, 5.41) is 1.42. The number of halogens is 1. The van der Waals surface area contributed by atoms with E-state index in [2.05, 4.69) is 10.2 Å². The lowest BCUT2D eigenvalue weighted by Gasteiger charge is -2.13. The van der Waals surface area contributed by atoms with Crippen molar-refractivity contribution in [3.63, 3.8) is 0 Å². The van der Waals surface area contributed by atoms with Gasteiger partial charge in [-0.05, 0) is 35.9 Å². The summed E-state index contributed by atoms with van der Waals surface area (Å²) in [5.41, 5.74) is 3.61. The largest absolute Gasteiger partial charge is 0.480 e. The van der Waals surface area contributed by atoms with E-state index in [0.29, 0.717) is 11.3 Å². The predicted molar refractivity (Wildman–Crippen MR) is 99.0 cm³/mol. The Morgan fingerprint density at radius 2 is 1.93 bits per heavy atom. The van der Waals surface area contributed by atoms with Crippen LogP contribution in [0.25, 0.3) is 6.08 Å².